The molecule has 0 radical (unpaired) electrons. The highest BCUT2D eigenvalue weighted by Crippen LogP contribution is 2.29. The molecule has 0 aromatic heterocycles. The lowest BCUT2D eigenvalue weighted by Gasteiger charge is -2.13. The Morgan fingerprint density at radius 3 is 2.33 bits per heavy atom. The number of nitrogens with one attached hydrogen (secondary N) is 1. The van der Waals surface area contributed by atoms with Crippen molar-refractivity contribution in [1.82, 2.24) is 0 Å². The summed E-state index contributed by atoms with van der Waals surface area (Å²) in [5.74, 6) is 0.835. The maximum atomic E-state index is 12.3. The summed E-state index contributed by atoms with van der Waals surface area (Å²) < 4.78 is 21.1. The van der Waals surface area contributed by atoms with Gasteiger partial charge in [0, 0.05) is 5.69 Å². The van der Waals surface area contributed by atoms with Gasteiger partial charge in [-0.3, -0.25) is 4.79 Å². The van der Waals surface area contributed by atoms with Crippen molar-refractivity contribution < 1.29 is 28.5 Å². The van der Waals surface area contributed by atoms with Crippen LogP contribution in [0.15, 0.2) is 36.4 Å². The van der Waals surface area contributed by atoms with E-state index in [2.05, 4.69) is 19.2 Å². The predicted octanol–water partition coefficient (Wildman–Crippen LogP) is 4.58. The smallest absolute Gasteiger partial charge is 0.338 e. The van der Waals surface area contributed by atoms with Crippen LogP contribution in [-0.4, -0.2) is 39.3 Å². The zero-order valence-corrected chi connectivity index (χ0v) is 18.2. The number of esters is 1. The molecule has 0 fully saturated rings. The quantitative estimate of drug-likeness (QED) is 0.550. The fourth-order valence-corrected chi connectivity index (χ4v) is 2.73. The molecule has 30 heavy (non-hydrogen) atoms. The first-order valence-corrected chi connectivity index (χ1v) is 9.83. The first-order valence-electron chi connectivity index (χ1n) is 9.45. The summed E-state index contributed by atoms with van der Waals surface area (Å²) in [4.78, 5) is 24.3. The first kappa shape index (κ1) is 23.3. The molecule has 0 unspecified atom stereocenters. The fourth-order valence-electron chi connectivity index (χ4n) is 2.47. The third kappa shape index (κ3) is 6.84. The van der Waals surface area contributed by atoms with Gasteiger partial charge in [-0.05, 0) is 48.7 Å². The SMILES string of the molecule is COc1ccc(NC(=O)COC(=O)c2ccc(OCCC(C)C)c(OC)c2)cc1Cl. The normalized spacial score (nSPS) is 10.5. The Labute approximate surface area is 181 Å². The molecule has 1 amide bonds. The molecule has 2 aromatic carbocycles. The van der Waals surface area contributed by atoms with Crippen LogP contribution < -0.4 is 19.5 Å². The second kappa shape index (κ2) is 11.3. The van der Waals surface area contributed by atoms with Crippen molar-refractivity contribution in [3.63, 3.8) is 0 Å². The van der Waals surface area contributed by atoms with Crippen LogP contribution in [0.25, 0.3) is 0 Å². The van der Waals surface area contributed by atoms with Gasteiger partial charge in [0.05, 0.1) is 31.4 Å². The number of methoxy groups -OCH3 is 2. The van der Waals surface area contributed by atoms with E-state index >= 15 is 0 Å². The summed E-state index contributed by atoms with van der Waals surface area (Å²) in [5.41, 5.74) is 0.717. The Bertz CT molecular complexity index is 884. The van der Waals surface area contributed by atoms with Gasteiger partial charge < -0.3 is 24.3 Å². The lowest BCUT2D eigenvalue weighted by Crippen LogP contribution is -2.21. The summed E-state index contributed by atoms with van der Waals surface area (Å²) >= 11 is 6.03. The monoisotopic (exact) mass is 435 g/mol. The molecule has 8 heteroatoms. The lowest BCUT2D eigenvalue weighted by atomic mass is 10.1. The minimum atomic E-state index is -0.648. The van der Waals surface area contributed by atoms with E-state index in [1.165, 1.54) is 20.3 Å². The van der Waals surface area contributed by atoms with Gasteiger partial charge in [0.15, 0.2) is 18.1 Å². The molecule has 0 saturated heterocycles. The van der Waals surface area contributed by atoms with Crippen molar-refractivity contribution in [1.29, 1.82) is 0 Å². The number of carbonyl (C=O) groups is 2. The Kier molecular flexibility index (Phi) is 8.80. The lowest BCUT2D eigenvalue weighted by molar-refractivity contribution is -0.119. The van der Waals surface area contributed by atoms with Crippen molar-refractivity contribution in [3.05, 3.63) is 47.0 Å². The van der Waals surface area contributed by atoms with Crippen LogP contribution >= 0.6 is 11.6 Å². The molecule has 0 bridgehead atoms. The average Bonchev–Trinajstić information content (AvgIpc) is 2.72. The van der Waals surface area contributed by atoms with Crippen molar-refractivity contribution >= 4 is 29.2 Å². The molecule has 0 heterocycles. The van der Waals surface area contributed by atoms with Crippen LogP contribution in [0.2, 0.25) is 5.02 Å². The number of hydrogen-bond donors (Lipinski definition) is 1. The van der Waals surface area contributed by atoms with Crippen molar-refractivity contribution in [2.24, 2.45) is 5.92 Å². The maximum absolute atomic E-state index is 12.3. The van der Waals surface area contributed by atoms with Crippen LogP contribution in [0.1, 0.15) is 30.6 Å². The second-order valence-corrected chi connectivity index (χ2v) is 7.28. The molecule has 1 N–H and O–H groups in total. The number of halogens is 1. The molecule has 0 atom stereocenters. The Hall–Kier alpha value is -2.93. The van der Waals surface area contributed by atoms with Crippen LogP contribution in [0, 0.1) is 5.92 Å². The number of rotatable bonds is 10. The number of amides is 1. The zero-order valence-electron chi connectivity index (χ0n) is 17.5. The molecular formula is C22H26ClNO6. The Balaban J connectivity index is 1.92. The van der Waals surface area contributed by atoms with E-state index in [-0.39, 0.29) is 5.56 Å². The third-order valence-electron chi connectivity index (χ3n) is 4.12. The number of anilines is 1. The second-order valence-electron chi connectivity index (χ2n) is 6.87. The number of ether oxygens (including phenoxy) is 4. The topological polar surface area (TPSA) is 83.1 Å². The molecule has 0 aliphatic carbocycles. The summed E-state index contributed by atoms with van der Waals surface area (Å²) in [6.07, 6.45) is 0.904. The van der Waals surface area contributed by atoms with Gasteiger partial charge in [-0.25, -0.2) is 4.79 Å². The molecule has 2 aromatic rings. The van der Waals surface area contributed by atoms with Crippen LogP contribution in [0.4, 0.5) is 5.69 Å². The van der Waals surface area contributed by atoms with E-state index in [9.17, 15) is 9.59 Å². The largest absolute Gasteiger partial charge is 0.495 e. The standard InChI is InChI=1S/C22H26ClNO6/c1-14(2)9-10-29-19-7-5-15(11-20(19)28-4)22(26)30-13-21(25)24-16-6-8-18(27-3)17(23)12-16/h5-8,11-12,14H,9-10,13H2,1-4H3,(H,24,25). The third-order valence-corrected chi connectivity index (χ3v) is 4.42. The molecular weight excluding hydrogens is 410 g/mol. The highest BCUT2D eigenvalue weighted by atomic mass is 35.5. The average molecular weight is 436 g/mol. The zero-order chi connectivity index (χ0) is 22.1. The van der Waals surface area contributed by atoms with Gasteiger partial charge in [0.25, 0.3) is 5.91 Å². The van der Waals surface area contributed by atoms with Gasteiger partial charge in [-0.2, -0.15) is 0 Å². The predicted molar refractivity (Wildman–Crippen MR) is 115 cm³/mol. The van der Waals surface area contributed by atoms with Gasteiger partial charge in [0.1, 0.15) is 5.75 Å². The van der Waals surface area contributed by atoms with E-state index in [4.69, 9.17) is 30.5 Å². The van der Waals surface area contributed by atoms with E-state index in [0.29, 0.717) is 40.5 Å². The van der Waals surface area contributed by atoms with Gasteiger partial charge in [-0.15, -0.1) is 0 Å². The highest BCUT2D eigenvalue weighted by molar-refractivity contribution is 6.32. The van der Waals surface area contributed by atoms with Gasteiger partial charge in [0.2, 0.25) is 0 Å². The summed E-state index contributed by atoms with van der Waals surface area (Å²) in [5, 5.41) is 2.96. The van der Waals surface area contributed by atoms with Crippen LogP contribution in [0.5, 0.6) is 17.2 Å². The maximum Gasteiger partial charge on any atom is 0.338 e. The summed E-state index contributed by atoms with van der Waals surface area (Å²) in [6, 6.07) is 9.54. The molecule has 0 saturated carbocycles. The number of hydrogen-bond acceptors (Lipinski definition) is 6. The fraction of sp³-hybridized carbons (Fsp3) is 0.364. The first-order chi connectivity index (χ1) is 14.3. The van der Waals surface area contributed by atoms with Crippen LogP contribution in [0.3, 0.4) is 0 Å². The summed E-state index contributed by atoms with van der Waals surface area (Å²) in [6.45, 7) is 4.32. The molecule has 162 valence electrons. The van der Waals surface area contributed by atoms with Crippen molar-refractivity contribution in [2.75, 3.05) is 32.8 Å². The molecule has 2 rings (SSSR count). The number of carbonyl (C=O) groups excluding carboxylic acids is 2. The highest BCUT2D eigenvalue weighted by Gasteiger charge is 2.15. The van der Waals surface area contributed by atoms with E-state index in [1.54, 1.807) is 30.3 Å². The van der Waals surface area contributed by atoms with Crippen molar-refractivity contribution in [2.45, 2.75) is 20.3 Å². The summed E-state index contributed by atoms with van der Waals surface area (Å²) in [7, 11) is 2.99. The van der Waals surface area contributed by atoms with E-state index in [1.807, 2.05) is 0 Å². The van der Waals surface area contributed by atoms with Crippen LogP contribution in [-0.2, 0) is 9.53 Å². The molecule has 7 nitrogen and oxygen atoms in total. The molecule has 0 aliphatic rings. The molecule has 0 spiro atoms. The van der Waals surface area contributed by atoms with Gasteiger partial charge in [-0.1, -0.05) is 25.4 Å². The number of benzene rings is 2. The Morgan fingerprint density at radius 1 is 1.00 bits per heavy atom. The van der Waals surface area contributed by atoms with E-state index < -0.39 is 18.5 Å². The molecule has 0 aliphatic heterocycles. The van der Waals surface area contributed by atoms with Crippen molar-refractivity contribution in [3.8, 4) is 17.2 Å². The minimum absolute atomic E-state index is 0.253. The Morgan fingerprint density at radius 2 is 1.70 bits per heavy atom. The van der Waals surface area contributed by atoms with E-state index in [0.717, 1.165) is 6.42 Å². The minimum Gasteiger partial charge on any atom is -0.495 e. The van der Waals surface area contributed by atoms with Gasteiger partial charge >= 0.3 is 5.97 Å².